The fourth-order valence-electron chi connectivity index (χ4n) is 3.27. The van der Waals surface area contributed by atoms with Crippen LogP contribution in [0.2, 0.25) is 0 Å². The van der Waals surface area contributed by atoms with E-state index in [0.29, 0.717) is 5.56 Å². The number of likely N-dealkylation sites (tertiary alicyclic amines) is 1. The summed E-state index contributed by atoms with van der Waals surface area (Å²) in [4.78, 5) is 30.5. The number of imidazole rings is 1. The second-order valence-electron chi connectivity index (χ2n) is 6.42. The molecule has 2 aromatic carbocycles. The third-order valence-corrected chi connectivity index (χ3v) is 4.72. The summed E-state index contributed by atoms with van der Waals surface area (Å²) in [6, 6.07) is 15.2. The van der Waals surface area contributed by atoms with Crippen molar-refractivity contribution in [1.82, 2.24) is 19.8 Å². The molecular formula is C20H20N4O2. The Morgan fingerprint density at radius 1 is 1.00 bits per heavy atom. The second kappa shape index (κ2) is 7.00. The first-order chi connectivity index (χ1) is 12.7. The van der Waals surface area contributed by atoms with Crippen LogP contribution in [0.4, 0.5) is 0 Å². The van der Waals surface area contributed by atoms with Crippen LogP contribution in [0.5, 0.6) is 0 Å². The molecular weight excluding hydrogens is 328 g/mol. The fraction of sp³-hybridized carbons (Fsp3) is 0.250. The summed E-state index contributed by atoms with van der Waals surface area (Å²) >= 11 is 0. The van der Waals surface area contributed by atoms with E-state index in [4.69, 9.17) is 0 Å². The molecule has 4 rings (SSSR count). The Morgan fingerprint density at radius 3 is 2.50 bits per heavy atom. The number of amides is 2. The van der Waals surface area contributed by atoms with Gasteiger partial charge in [-0.1, -0.05) is 12.1 Å². The minimum Gasteiger partial charge on any atom is -0.343 e. The molecule has 26 heavy (non-hydrogen) atoms. The average Bonchev–Trinajstić information content (AvgIpc) is 3.36. The minimum absolute atomic E-state index is 0.0163. The normalized spacial score (nSPS) is 13.9. The zero-order chi connectivity index (χ0) is 17.9. The molecule has 1 saturated heterocycles. The molecule has 1 aliphatic rings. The summed E-state index contributed by atoms with van der Waals surface area (Å²) in [7, 11) is 0. The van der Waals surface area contributed by atoms with Crippen LogP contribution in [0.1, 0.15) is 23.2 Å². The number of rotatable bonds is 4. The lowest BCUT2D eigenvalue weighted by Crippen LogP contribution is -2.38. The van der Waals surface area contributed by atoms with Gasteiger partial charge >= 0.3 is 0 Å². The Balaban J connectivity index is 1.44. The van der Waals surface area contributed by atoms with E-state index in [1.165, 1.54) is 0 Å². The number of carbonyl (C=O) groups excluding carboxylic acids is 2. The predicted octanol–water partition coefficient (Wildman–Crippen LogP) is 2.38. The van der Waals surface area contributed by atoms with Crippen molar-refractivity contribution in [2.45, 2.75) is 12.8 Å². The summed E-state index contributed by atoms with van der Waals surface area (Å²) in [6.45, 7) is 1.64. The van der Waals surface area contributed by atoms with Crippen molar-refractivity contribution in [3.05, 3.63) is 60.4 Å². The van der Waals surface area contributed by atoms with Gasteiger partial charge in [0.05, 0.1) is 17.6 Å². The maximum absolute atomic E-state index is 12.3. The van der Waals surface area contributed by atoms with Crippen molar-refractivity contribution in [1.29, 1.82) is 0 Å². The van der Waals surface area contributed by atoms with E-state index < -0.39 is 0 Å². The summed E-state index contributed by atoms with van der Waals surface area (Å²) in [5, 5.41) is 2.71. The van der Waals surface area contributed by atoms with Crippen LogP contribution >= 0.6 is 0 Å². The Bertz CT molecular complexity index is 940. The van der Waals surface area contributed by atoms with Crippen LogP contribution in [0, 0.1) is 0 Å². The van der Waals surface area contributed by atoms with Gasteiger partial charge in [0.2, 0.25) is 5.91 Å². The zero-order valence-corrected chi connectivity index (χ0v) is 14.4. The molecule has 0 spiro atoms. The number of carbonyl (C=O) groups is 2. The smallest absolute Gasteiger partial charge is 0.251 e. The molecule has 1 aromatic heterocycles. The fourth-order valence-corrected chi connectivity index (χ4v) is 3.27. The van der Waals surface area contributed by atoms with Crippen LogP contribution in [0.25, 0.3) is 16.7 Å². The van der Waals surface area contributed by atoms with Gasteiger partial charge in [-0.25, -0.2) is 4.98 Å². The first-order valence-corrected chi connectivity index (χ1v) is 8.81. The third-order valence-electron chi connectivity index (χ3n) is 4.72. The first-order valence-electron chi connectivity index (χ1n) is 8.81. The Labute approximate surface area is 151 Å². The van der Waals surface area contributed by atoms with Crippen molar-refractivity contribution in [2.24, 2.45) is 0 Å². The lowest BCUT2D eigenvalue weighted by atomic mass is 10.2. The Kier molecular flexibility index (Phi) is 4.39. The summed E-state index contributed by atoms with van der Waals surface area (Å²) in [6.07, 6.45) is 3.86. The van der Waals surface area contributed by atoms with Crippen molar-refractivity contribution in [2.75, 3.05) is 19.6 Å². The SMILES string of the molecule is O=C(NCC(=O)N1CCCC1)c1ccc(-n2cnc3ccccc32)cc1. The number of benzene rings is 2. The summed E-state index contributed by atoms with van der Waals surface area (Å²) in [5.74, 6) is -0.253. The van der Waals surface area contributed by atoms with Gasteiger partial charge in [-0.15, -0.1) is 0 Å². The highest BCUT2D eigenvalue weighted by molar-refractivity contribution is 5.96. The maximum Gasteiger partial charge on any atom is 0.251 e. The molecule has 0 aliphatic carbocycles. The van der Waals surface area contributed by atoms with Crippen LogP contribution in [-0.4, -0.2) is 45.9 Å². The number of para-hydroxylation sites is 2. The van der Waals surface area contributed by atoms with E-state index in [-0.39, 0.29) is 18.4 Å². The monoisotopic (exact) mass is 348 g/mol. The van der Waals surface area contributed by atoms with Crippen LogP contribution in [-0.2, 0) is 4.79 Å². The zero-order valence-electron chi connectivity index (χ0n) is 14.4. The van der Waals surface area contributed by atoms with Gasteiger partial charge < -0.3 is 10.2 Å². The largest absolute Gasteiger partial charge is 0.343 e. The van der Waals surface area contributed by atoms with Gasteiger partial charge in [0.15, 0.2) is 0 Å². The van der Waals surface area contributed by atoms with Crippen LogP contribution in [0.15, 0.2) is 54.9 Å². The lowest BCUT2D eigenvalue weighted by molar-refractivity contribution is -0.129. The molecule has 2 heterocycles. The molecule has 0 atom stereocenters. The number of hydrogen-bond donors (Lipinski definition) is 1. The van der Waals surface area contributed by atoms with Crippen molar-refractivity contribution >= 4 is 22.8 Å². The lowest BCUT2D eigenvalue weighted by Gasteiger charge is -2.15. The summed E-state index contributed by atoms with van der Waals surface area (Å²) in [5.41, 5.74) is 3.41. The number of aromatic nitrogens is 2. The second-order valence-corrected chi connectivity index (χ2v) is 6.42. The molecule has 6 heteroatoms. The van der Waals surface area contributed by atoms with E-state index in [2.05, 4.69) is 10.3 Å². The molecule has 6 nitrogen and oxygen atoms in total. The van der Waals surface area contributed by atoms with Crippen LogP contribution < -0.4 is 5.32 Å². The number of nitrogens with zero attached hydrogens (tertiary/aromatic N) is 3. The predicted molar refractivity (Wildman–Crippen MR) is 99.2 cm³/mol. The molecule has 2 amide bonds. The van der Waals surface area contributed by atoms with E-state index in [9.17, 15) is 9.59 Å². The summed E-state index contributed by atoms with van der Waals surface area (Å²) < 4.78 is 1.98. The molecule has 0 bridgehead atoms. The van der Waals surface area contributed by atoms with Crippen molar-refractivity contribution < 1.29 is 9.59 Å². The first kappa shape index (κ1) is 16.3. The highest BCUT2D eigenvalue weighted by atomic mass is 16.2. The van der Waals surface area contributed by atoms with Crippen molar-refractivity contribution in [3.63, 3.8) is 0 Å². The quantitative estimate of drug-likeness (QED) is 0.787. The average molecular weight is 348 g/mol. The van der Waals surface area contributed by atoms with Crippen LogP contribution in [0.3, 0.4) is 0 Å². The topological polar surface area (TPSA) is 67.2 Å². The Morgan fingerprint density at radius 2 is 1.73 bits per heavy atom. The van der Waals surface area contributed by atoms with Gasteiger partial charge in [-0.3, -0.25) is 14.2 Å². The van der Waals surface area contributed by atoms with Gasteiger partial charge in [0.25, 0.3) is 5.91 Å². The molecule has 0 unspecified atom stereocenters. The highest BCUT2D eigenvalue weighted by Gasteiger charge is 2.18. The molecule has 1 aliphatic heterocycles. The standard InChI is InChI=1S/C20H20N4O2/c25-19(23-11-3-4-12-23)13-21-20(26)15-7-9-16(10-8-15)24-14-22-17-5-1-2-6-18(17)24/h1-2,5-10,14H,3-4,11-13H2,(H,21,26). The number of nitrogens with one attached hydrogen (secondary N) is 1. The molecule has 0 radical (unpaired) electrons. The molecule has 1 fully saturated rings. The van der Waals surface area contributed by atoms with E-state index >= 15 is 0 Å². The maximum atomic E-state index is 12.3. The molecule has 0 saturated carbocycles. The van der Waals surface area contributed by atoms with Gasteiger partial charge in [0, 0.05) is 24.3 Å². The van der Waals surface area contributed by atoms with E-state index in [1.807, 2.05) is 41.0 Å². The Hall–Kier alpha value is -3.15. The van der Waals surface area contributed by atoms with E-state index in [0.717, 1.165) is 42.7 Å². The van der Waals surface area contributed by atoms with Crippen molar-refractivity contribution in [3.8, 4) is 5.69 Å². The van der Waals surface area contributed by atoms with Gasteiger partial charge in [-0.2, -0.15) is 0 Å². The molecule has 132 valence electrons. The highest BCUT2D eigenvalue weighted by Crippen LogP contribution is 2.18. The third kappa shape index (κ3) is 3.18. The number of fused-ring (bicyclic) bond motifs is 1. The van der Waals surface area contributed by atoms with Gasteiger partial charge in [-0.05, 0) is 49.2 Å². The van der Waals surface area contributed by atoms with Gasteiger partial charge in [0.1, 0.15) is 6.33 Å². The minimum atomic E-state index is -0.236. The number of hydrogen-bond acceptors (Lipinski definition) is 3. The molecule has 1 N–H and O–H groups in total. The molecule has 3 aromatic rings. The van der Waals surface area contributed by atoms with E-state index in [1.54, 1.807) is 23.4 Å².